The van der Waals surface area contributed by atoms with Crippen molar-refractivity contribution in [3.63, 3.8) is 0 Å². The van der Waals surface area contributed by atoms with Crippen LogP contribution < -0.4 is 20.5 Å². The zero-order valence-corrected chi connectivity index (χ0v) is 11.5. The normalized spacial score (nSPS) is 17.1. The van der Waals surface area contributed by atoms with Gasteiger partial charge < -0.3 is 20.5 Å². The number of carbonyl (C=O) groups is 1. The molecule has 1 atom stereocenters. The van der Waals surface area contributed by atoms with Gasteiger partial charge in [-0.25, -0.2) is 0 Å². The van der Waals surface area contributed by atoms with E-state index in [0.29, 0.717) is 30.2 Å². The van der Waals surface area contributed by atoms with Crippen molar-refractivity contribution < 1.29 is 14.3 Å². The summed E-state index contributed by atoms with van der Waals surface area (Å²) < 4.78 is 11.2. The van der Waals surface area contributed by atoms with Gasteiger partial charge in [0.25, 0.3) is 0 Å². The van der Waals surface area contributed by atoms with Crippen LogP contribution in [0.4, 0.5) is 5.69 Å². The first-order valence-corrected chi connectivity index (χ1v) is 6.41. The molecule has 0 bridgehead atoms. The first kappa shape index (κ1) is 13.7. The van der Waals surface area contributed by atoms with Crippen molar-refractivity contribution in [3.05, 3.63) is 18.2 Å². The Morgan fingerprint density at radius 3 is 2.74 bits per heavy atom. The van der Waals surface area contributed by atoms with E-state index >= 15 is 0 Å². The minimum absolute atomic E-state index is 0.0453. The molecule has 1 heterocycles. The quantitative estimate of drug-likeness (QED) is 0.873. The fraction of sp³-hybridized carbons (Fsp3) is 0.500. The smallest absolute Gasteiger partial charge is 0.246 e. The van der Waals surface area contributed by atoms with Crippen LogP contribution >= 0.6 is 0 Å². The number of nitrogens with two attached hydrogens (primary N) is 1. The van der Waals surface area contributed by atoms with Crippen molar-refractivity contribution in [1.29, 1.82) is 0 Å². The lowest BCUT2D eigenvalue weighted by Crippen LogP contribution is -2.29. The van der Waals surface area contributed by atoms with E-state index in [0.717, 1.165) is 0 Å². The molecule has 2 rings (SSSR count). The first-order chi connectivity index (χ1) is 8.89. The maximum atomic E-state index is 11.8. The van der Waals surface area contributed by atoms with E-state index in [2.05, 4.69) is 5.32 Å². The Morgan fingerprint density at radius 1 is 1.37 bits per heavy atom. The summed E-state index contributed by atoms with van der Waals surface area (Å²) in [5.41, 5.74) is 6.20. The van der Waals surface area contributed by atoms with Gasteiger partial charge in [-0.05, 0) is 24.6 Å². The van der Waals surface area contributed by atoms with Crippen molar-refractivity contribution in [2.45, 2.75) is 33.0 Å². The van der Waals surface area contributed by atoms with Gasteiger partial charge in [0.2, 0.25) is 11.7 Å². The van der Waals surface area contributed by atoms with Crippen molar-refractivity contribution in [2.75, 3.05) is 11.9 Å². The third-order valence-corrected chi connectivity index (χ3v) is 2.88. The largest absolute Gasteiger partial charge is 0.449 e. The second-order valence-corrected chi connectivity index (χ2v) is 5.36. The van der Waals surface area contributed by atoms with Gasteiger partial charge in [-0.2, -0.15) is 0 Å². The van der Waals surface area contributed by atoms with Gasteiger partial charge in [-0.3, -0.25) is 4.79 Å². The molecule has 0 aliphatic carbocycles. The zero-order chi connectivity index (χ0) is 14.0. The lowest BCUT2D eigenvalue weighted by Gasteiger charge is -2.16. The molecular weight excluding hydrogens is 244 g/mol. The van der Waals surface area contributed by atoms with Crippen molar-refractivity contribution in [3.8, 4) is 11.5 Å². The van der Waals surface area contributed by atoms with Gasteiger partial charge in [-0.15, -0.1) is 0 Å². The van der Waals surface area contributed by atoms with Crippen LogP contribution in [0.25, 0.3) is 0 Å². The van der Waals surface area contributed by atoms with Crippen LogP contribution in [-0.2, 0) is 4.79 Å². The van der Waals surface area contributed by atoms with Crippen LogP contribution in [-0.4, -0.2) is 18.2 Å². The number of ether oxygens (including phenoxy) is 2. The number of fused-ring (bicyclic) bond motifs is 1. The molecule has 1 aromatic carbocycles. The Labute approximate surface area is 113 Å². The minimum atomic E-state index is -0.654. The summed E-state index contributed by atoms with van der Waals surface area (Å²) in [4.78, 5) is 11.8. The summed E-state index contributed by atoms with van der Waals surface area (Å²) in [6.45, 7) is 6.13. The Kier molecular flexibility index (Phi) is 3.66. The molecule has 1 amide bonds. The van der Waals surface area contributed by atoms with Crippen LogP contribution in [0.3, 0.4) is 0 Å². The van der Waals surface area contributed by atoms with Gasteiger partial charge in [-0.1, -0.05) is 6.92 Å². The fourth-order valence-electron chi connectivity index (χ4n) is 1.91. The molecule has 1 aliphatic heterocycles. The molecule has 0 radical (unpaired) electrons. The van der Waals surface area contributed by atoms with Gasteiger partial charge in [0.05, 0.1) is 0 Å². The number of rotatable bonds is 4. The number of amides is 1. The summed E-state index contributed by atoms with van der Waals surface area (Å²) >= 11 is 0. The van der Waals surface area contributed by atoms with Gasteiger partial charge >= 0.3 is 0 Å². The van der Waals surface area contributed by atoms with E-state index in [1.807, 2.05) is 20.8 Å². The van der Waals surface area contributed by atoms with E-state index < -0.39 is 5.79 Å². The highest BCUT2D eigenvalue weighted by molar-refractivity contribution is 5.91. The molecule has 0 aromatic heterocycles. The van der Waals surface area contributed by atoms with Crippen LogP contribution in [0.2, 0.25) is 0 Å². The lowest BCUT2D eigenvalue weighted by molar-refractivity contribution is -0.116. The Balaban J connectivity index is 2.02. The molecule has 0 saturated heterocycles. The first-order valence-electron chi connectivity index (χ1n) is 6.41. The summed E-state index contributed by atoms with van der Waals surface area (Å²) in [5, 5.41) is 2.83. The average molecular weight is 264 g/mol. The Bertz CT molecular complexity index is 486. The van der Waals surface area contributed by atoms with Crippen molar-refractivity contribution in [2.24, 2.45) is 11.7 Å². The van der Waals surface area contributed by atoms with Gasteiger partial charge in [0.15, 0.2) is 11.5 Å². The predicted octanol–water partition coefficient (Wildman–Crippen LogP) is 2.12. The molecule has 5 nitrogen and oxygen atoms in total. The monoisotopic (exact) mass is 264 g/mol. The molecule has 0 spiro atoms. The van der Waals surface area contributed by atoms with Crippen molar-refractivity contribution in [1.82, 2.24) is 0 Å². The molecule has 19 heavy (non-hydrogen) atoms. The number of anilines is 1. The zero-order valence-electron chi connectivity index (χ0n) is 11.5. The van der Waals surface area contributed by atoms with E-state index in [9.17, 15) is 4.79 Å². The van der Waals surface area contributed by atoms with Gasteiger partial charge in [0.1, 0.15) is 0 Å². The summed E-state index contributed by atoms with van der Waals surface area (Å²) in [7, 11) is 0. The number of hydrogen-bond donors (Lipinski definition) is 2. The highest BCUT2D eigenvalue weighted by Crippen LogP contribution is 2.40. The SMILES string of the molecule is CC(CN)CC(=O)Nc1ccc2c(c1)OC(C)(C)O2. The average Bonchev–Trinajstić information content (AvgIpc) is 2.61. The lowest BCUT2D eigenvalue weighted by atomic mass is 10.1. The standard InChI is InChI=1S/C14H20N2O3/c1-9(8-15)6-13(17)16-10-4-5-11-12(7-10)19-14(2,3)18-11/h4-5,7,9H,6,8,15H2,1-3H3,(H,16,17). The van der Waals surface area contributed by atoms with Crippen molar-refractivity contribution >= 4 is 11.6 Å². The fourth-order valence-corrected chi connectivity index (χ4v) is 1.91. The molecule has 1 aromatic rings. The number of nitrogens with one attached hydrogen (secondary N) is 1. The van der Waals surface area contributed by atoms with E-state index in [1.165, 1.54) is 0 Å². The number of carbonyl (C=O) groups excluding carboxylic acids is 1. The maximum absolute atomic E-state index is 11.8. The second-order valence-electron chi connectivity index (χ2n) is 5.36. The van der Waals surface area contributed by atoms with Crippen LogP contribution in [0.15, 0.2) is 18.2 Å². The molecule has 3 N–H and O–H groups in total. The Morgan fingerprint density at radius 2 is 2.05 bits per heavy atom. The molecule has 0 fully saturated rings. The predicted molar refractivity (Wildman–Crippen MR) is 73.2 cm³/mol. The molecule has 104 valence electrons. The summed E-state index contributed by atoms with van der Waals surface area (Å²) in [6, 6.07) is 5.37. The molecule has 1 unspecified atom stereocenters. The highest BCUT2D eigenvalue weighted by Gasteiger charge is 2.31. The van der Waals surface area contributed by atoms with E-state index in [4.69, 9.17) is 15.2 Å². The minimum Gasteiger partial charge on any atom is -0.449 e. The molecule has 0 saturated carbocycles. The highest BCUT2D eigenvalue weighted by atomic mass is 16.7. The summed E-state index contributed by atoms with van der Waals surface area (Å²) in [5.74, 6) is 0.816. The van der Waals surface area contributed by atoms with Crippen LogP contribution in [0, 0.1) is 5.92 Å². The third-order valence-electron chi connectivity index (χ3n) is 2.88. The molecule has 5 heteroatoms. The Hall–Kier alpha value is -1.75. The number of benzene rings is 1. The third kappa shape index (κ3) is 3.38. The topological polar surface area (TPSA) is 73.6 Å². The number of hydrogen-bond acceptors (Lipinski definition) is 4. The second kappa shape index (κ2) is 5.09. The van der Waals surface area contributed by atoms with Crippen LogP contribution in [0.1, 0.15) is 27.2 Å². The van der Waals surface area contributed by atoms with E-state index in [1.54, 1.807) is 18.2 Å². The maximum Gasteiger partial charge on any atom is 0.246 e. The van der Waals surface area contributed by atoms with E-state index in [-0.39, 0.29) is 11.8 Å². The van der Waals surface area contributed by atoms with Crippen LogP contribution in [0.5, 0.6) is 11.5 Å². The molecular formula is C14H20N2O3. The van der Waals surface area contributed by atoms with Gasteiger partial charge in [0, 0.05) is 32.0 Å². The molecule has 1 aliphatic rings. The summed E-state index contributed by atoms with van der Waals surface area (Å²) in [6.07, 6.45) is 0.413.